The van der Waals surface area contributed by atoms with Crippen molar-refractivity contribution in [1.29, 1.82) is 0 Å². The number of aromatic amines is 1. The van der Waals surface area contributed by atoms with Gasteiger partial charge in [-0.1, -0.05) is 17.7 Å². The number of aromatic nitrogens is 3. The smallest absolute Gasteiger partial charge is 0.276 e. The van der Waals surface area contributed by atoms with Crippen LogP contribution in [0.3, 0.4) is 0 Å². The van der Waals surface area contributed by atoms with Crippen LogP contribution in [0.1, 0.15) is 17.7 Å². The number of rotatable bonds is 2. The summed E-state index contributed by atoms with van der Waals surface area (Å²) in [4.78, 5) is 22.0. The summed E-state index contributed by atoms with van der Waals surface area (Å²) in [6.45, 7) is 4.39. The molecule has 0 bridgehead atoms. The minimum Gasteiger partial charge on any atom is -0.304 e. The Morgan fingerprint density at radius 3 is 2.79 bits per heavy atom. The van der Waals surface area contributed by atoms with Gasteiger partial charge in [-0.25, -0.2) is 9.67 Å². The average Bonchev–Trinajstić information content (AvgIpc) is 2.92. The van der Waals surface area contributed by atoms with Gasteiger partial charge in [-0.3, -0.25) is 14.8 Å². The molecule has 1 aliphatic carbocycles. The highest BCUT2D eigenvalue weighted by atomic mass is 35.5. The standard InChI is InChI=1S/C17H22ClN5O/c1-21-7-9-22(10-8-21)12-5-6-14-13(11-12)17(24)23(20-14)16-4-2-3-15(18)19-16/h2-4,12,20H,5-11H2,1H3. The van der Waals surface area contributed by atoms with Crippen LogP contribution in [0.15, 0.2) is 23.0 Å². The van der Waals surface area contributed by atoms with Crippen LogP contribution in [0.25, 0.3) is 5.82 Å². The van der Waals surface area contributed by atoms with Crippen molar-refractivity contribution in [1.82, 2.24) is 24.6 Å². The summed E-state index contributed by atoms with van der Waals surface area (Å²) in [5.41, 5.74) is 1.97. The van der Waals surface area contributed by atoms with Gasteiger partial charge in [-0.05, 0) is 38.4 Å². The number of halogens is 1. The van der Waals surface area contributed by atoms with E-state index in [0.717, 1.165) is 56.7 Å². The highest BCUT2D eigenvalue weighted by molar-refractivity contribution is 6.29. The number of pyridine rings is 1. The van der Waals surface area contributed by atoms with Crippen molar-refractivity contribution in [2.45, 2.75) is 25.3 Å². The number of aryl methyl sites for hydroxylation is 1. The molecule has 6 nitrogen and oxygen atoms in total. The monoisotopic (exact) mass is 347 g/mol. The van der Waals surface area contributed by atoms with E-state index >= 15 is 0 Å². The molecule has 1 aliphatic heterocycles. The van der Waals surface area contributed by atoms with Gasteiger partial charge in [0.1, 0.15) is 5.15 Å². The second kappa shape index (κ2) is 6.35. The first kappa shape index (κ1) is 15.9. The number of fused-ring (bicyclic) bond motifs is 1. The van der Waals surface area contributed by atoms with Gasteiger partial charge in [0.2, 0.25) is 0 Å². The summed E-state index contributed by atoms with van der Waals surface area (Å²) in [6, 6.07) is 5.79. The summed E-state index contributed by atoms with van der Waals surface area (Å²) in [6.07, 6.45) is 2.83. The molecule has 2 aromatic heterocycles. The van der Waals surface area contributed by atoms with E-state index in [0.29, 0.717) is 17.0 Å². The van der Waals surface area contributed by atoms with Crippen molar-refractivity contribution in [3.8, 4) is 5.82 Å². The first-order chi connectivity index (χ1) is 11.6. The lowest BCUT2D eigenvalue weighted by Crippen LogP contribution is -2.50. The van der Waals surface area contributed by atoms with E-state index < -0.39 is 0 Å². The molecule has 128 valence electrons. The third kappa shape index (κ3) is 2.90. The van der Waals surface area contributed by atoms with E-state index in [1.165, 1.54) is 4.68 Å². The first-order valence-corrected chi connectivity index (χ1v) is 8.88. The Labute approximate surface area is 146 Å². The molecule has 0 amide bonds. The molecule has 1 N–H and O–H groups in total. The maximum Gasteiger partial charge on any atom is 0.276 e. The minimum atomic E-state index is 0.0126. The fourth-order valence-corrected chi connectivity index (χ4v) is 3.92. The topological polar surface area (TPSA) is 57.2 Å². The zero-order valence-corrected chi connectivity index (χ0v) is 14.6. The van der Waals surface area contributed by atoms with Gasteiger partial charge in [-0.15, -0.1) is 0 Å². The van der Waals surface area contributed by atoms with Gasteiger partial charge in [0.05, 0.1) is 0 Å². The number of nitrogens with one attached hydrogen (secondary N) is 1. The molecule has 2 aliphatic rings. The van der Waals surface area contributed by atoms with E-state index in [2.05, 4.69) is 26.9 Å². The second-order valence-electron chi connectivity index (χ2n) is 6.76. The molecule has 7 heteroatoms. The van der Waals surface area contributed by atoms with Crippen LogP contribution < -0.4 is 5.56 Å². The average molecular weight is 348 g/mol. The number of likely N-dealkylation sites (N-methyl/N-ethyl adjacent to an activating group) is 1. The van der Waals surface area contributed by atoms with Crippen LogP contribution in [-0.4, -0.2) is 63.8 Å². The van der Waals surface area contributed by atoms with E-state index in [9.17, 15) is 4.79 Å². The molecule has 2 aromatic rings. The predicted molar refractivity (Wildman–Crippen MR) is 94.1 cm³/mol. The Hall–Kier alpha value is -1.63. The van der Waals surface area contributed by atoms with Gasteiger partial charge in [-0.2, -0.15) is 0 Å². The molecule has 1 atom stereocenters. The Morgan fingerprint density at radius 2 is 2.04 bits per heavy atom. The lowest BCUT2D eigenvalue weighted by molar-refractivity contribution is 0.103. The molecule has 1 saturated heterocycles. The van der Waals surface area contributed by atoms with Crippen LogP contribution in [0.4, 0.5) is 0 Å². The van der Waals surface area contributed by atoms with E-state index in [4.69, 9.17) is 11.6 Å². The Bertz CT molecular complexity index is 791. The summed E-state index contributed by atoms with van der Waals surface area (Å²) >= 11 is 5.96. The van der Waals surface area contributed by atoms with Crippen molar-refractivity contribution >= 4 is 11.6 Å². The molecule has 0 aromatic carbocycles. The third-order valence-corrected chi connectivity index (χ3v) is 5.43. The van der Waals surface area contributed by atoms with Crippen molar-refractivity contribution in [3.05, 3.63) is 45.0 Å². The first-order valence-electron chi connectivity index (χ1n) is 8.50. The van der Waals surface area contributed by atoms with Gasteiger partial charge in [0.15, 0.2) is 5.82 Å². The van der Waals surface area contributed by atoms with Crippen molar-refractivity contribution < 1.29 is 0 Å². The minimum absolute atomic E-state index is 0.0126. The van der Waals surface area contributed by atoms with Gasteiger partial charge < -0.3 is 4.90 Å². The molecular formula is C17H22ClN5O. The second-order valence-corrected chi connectivity index (χ2v) is 7.15. The van der Waals surface area contributed by atoms with Crippen LogP contribution in [0.2, 0.25) is 5.15 Å². The summed E-state index contributed by atoms with van der Waals surface area (Å²) in [7, 11) is 2.17. The molecule has 0 saturated carbocycles. The van der Waals surface area contributed by atoms with E-state index in [-0.39, 0.29) is 5.56 Å². The zero-order chi connectivity index (χ0) is 16.7. The molecule has 0 spiro atoms. The lowest BCUT2D eigenvalue weighted by Gasteiger charge is -2.39. The lowest BCUT2D eigenvalue weighted by atomic mass is 9.92. The largest absolute Gasteiger partial charge is 0.304 e. The Balaban J connectivity index is 1.59. The number of hydrogen-bond donors (Lipinski definition) is 1. The van der Waals surface area contributed by atoms with E-state index in [1.807, 2.05) is 6.07 Å². The summed E-state index contributed by atoms with van der Waals surface area (Å²) in [5, 5.41) is 3.62. The number of nitrogens with zero attached hydrogens (tertiary/aromatic N) is 4. The van der Waals surface area contributed by atoms with Gasteiger partial charge in [0.25, 0.3) is 5.56 Å². The highest BCUT2D eigenvalue weighted by Crippen LogP contribution is 2.23. The molecular weight excluding hydrogens is 326 g/mol. The molecule has 24 heavy (non-hydrogen) atoms. The van der Waals surface area contributed by atoms with Gasteiger partial charge in [0, 0.05) is 43.5 Å². The van der Waals surface area contributed by atoms with Crippen LogP contribution >= 0.6 is 11.6 Å². The molecule has 1 unspecified atom stereocenters. The summed E-state index contributed by atoms with van der Waals surface area (Å²) in [5.74, 6) is 0.554. The molecule has 4 rings (SSSR count). The molecule has 0 radical (unpaired) electrons. The number of hydrogen-bond acceptors (Lipinski definition) is 4. The highest BCUT2D eigenvalue weighted by Gasteiger charge is 2.30. The van der Waals surface area contributed by atoms with Crippen LogP contribution in [0.5, 0.6) is 0 Å². The van der Waals surface area contributed by atoms with Crippen molar-refractivity contribution in [2.75, 3.05) is 33.2 Å². The third-order valence-electron chi connectivity index (χ3n) is 5.22. The van der Waals surface area contributed by atoms with Crippen LogP contribution in [0, 0.1) is 0 Å². The Morgan fingerprint density at radius 1 is 1.25 bits per heavy atom. The quantitative estimate of drug-likeness (QED) is 0.832. The van der Waals surface area contributed by atoms with E-state index in [1.54, 1.807) is 12.1 Å². The van der Waals surface area contributed by atoms with Gasteiger partial charge >= 0.3 is 0 Å². The summed E-state index contributed by atoms with van der Waals surface area (Å²) < 4.78 is 1.53. The van der Waals surface area contributed by atoms with Crippen molar-refractivity contribution in [3.63, 3.8) is 0 Å². The zero-order valence-electron chi connectivity index (χ0n) is 13.8. The molecule has 3 heterocycles. The fourth-order valence-electron chi connectivity index (χ4n) is 3.77. The number of H-pyrrole nitrogens is 1. The number of piperazine rings is 1. The Kier molecular flexibility index (Phi) is 4.20. The maximum atomic E-state index is 12.8. The predicted octanol–water partition coefficient (Wildman–Crippen LogP) is 1.32. The fraction of sp³-hybridized carbons (Fsp3) is 0.529. The molecule has 1 fully saturated rings. The van der Waals surface area contributed by atoms with Crippen LogP contribution in [-0.2, 0) is 12.8 Å². The van der Waals surface area contributed by atoms with Crippen molar-refractivity contribution in [2.24, 2.45) is 0 Å². The maximum absolute atomic E-state index is 12.8. The normalized spacial score (nSPS) is 22.5. The SMILES string of the molecule is CN1CCN(C2CCc3[nH]n(-c4cccc(Cl)n4)c(=O)c3C2)CC1.